The van der Waals surface area contributed by atoms with Crippen LogP contribution in [0.2, 0.25) is 0 Å². The van der Waals surface area contributed by atoms with Crippen LogP contribution in [0.15, 0.2) is 42.5 Å². The molecule has 3 rings (SSSR count). The number of carbonyl (C=O) groups excluding carboxylic acids is 1. The number of fused-ring (bicyclic) bond motifs is 1. The van der Waals surface area contributed by atoms with Gasteiger partial charge in [0, 0.05) is 16.1 Å². The first-order valence-corrected chi connectivity index (χ1v) is 8.76. The molecule has 1 amide bonds. The van der Waals surface area contributed by atoms with E-state index < -0.39 is 0 Å². The number of aromatic nitrogens is 2. The van der Waals surface area contributed by atoms with Crippen molar-refractivity contribution in [3.05, 3.63) is 57.3 Å². The molecular formula is C18H18IN3O3. The maximum absolute atomic E-state index is 12.4. The fourth-order valence-electron chi connectivity index (χ4n) is 2.57. The van der Waals surface area contributed by atoms with E-state index in [9.17, 15) is 4.79 Å². The molecule has 0 spiro atoms. The van der Waals surface area contributed by atoms with E-state index in [1.807, 2.05) is 47.1 Å². The number of halogens is 1. The fraction of sp³-hybridized carbons (Fsp3) is 0.222. The Bertz CT molecular complexity index is 890. The highest BCUT2D eigenvalue weighted by Gasteiger charge is 2.17. The summed E-state index contributed by atoms with van der Waals surface area (Å²) < 4.78 is 13.0. The Balaban J connectivity index is 1.98. The largest absolute Gasteiger partial charge is 0.497 e. The smallest absolute Gasteiger partial charge is 0.274 e. The highest BCUT2D eigenvalue weighted by atomic mass is 127. The van der Waals surface area contributed by atoms with Crippen LogP contribution in [-0.4, -0.2) is 36.6 Å². The Morgan fingerprint density at radius 3 is 2.64 bits per heavy atom. The molecule has 0 atom stereocenters. The third-order valence-corrected chi connectivity index (χ3v) is 4.47. The fourth-order valence-corrected chi connectivity index (χ4v) is 3.06. The Morgan fingerprint density at radius 2 is 1.96 bits per heavy atom. The van der Waals surface area contributed by atoms with Crippen LogP contribution >= 0.6 is 22.6 Å². The molecule has 6 nitrogen and oxygen atoms in total. The molecule has 2 aromatic carbocycles. The second-order valence-corrected chi connectivity index (χ2v) is 6.70. The molecule has 1 N–H and O–H groups in total. The second-order valence-electron chi connectivity index (χ2n) is 5.45. The number of nitrogens with zero attached hydrogens (tertiary/aromatic N) is 2. The lowest BCUT2D eigenvalue weighted by Gasteiger charge is -2.05. The van der Waals surface area contributed by atoms with Crippen molar-refractivity contribution in [2.75, 3.05) is 21.0 Å². The topological polar surface area (TPSA) is 65.4 Å². The lowest BCUT2D eigenvalue weighted by atomic mass is 10.2. The number of methoxy groups -OCH3 is 2. The highest BCUT2D eigenvalue weighted by molar-refractivity contribution is 14.1. The number of ether oxygens (including phenoxy) is 2. The monoisotopic (exact) mass is 451 g/mol. The molecule has 0 fully saturated rings. The lowest BCUT2D eigenvalue weighted by molar-refractivity contribution is 0.0868. The molecule has 0 aliphatic carbocycles. The number of hydrogen-bond donors (Lipinski definition) is 1. The SMILES string of the molecule is COCNC(=O)c1nn(Cc2ccc(OC)cc2)c2ccc(I)cc12. The molecule has 0 aliphatic rings. The Morgan fingerprint density at radius 1 is 1.20 bits per heavy atom. The number of amides is 1. The normalized spacial score (nSPS) is 10.8. The third-order valence-electron chi connectivity index (χ3n) is 3.80. The minimum Gasteiger partial charge on any atom is -0.497 e. The molecule has 3 aromatic rings. The highest BCUT2D eigenvalue weighted by Crippen LogP contribution is 2.23. The summed E-state index contributed by atoms with van der Waals surface area (Å²) in [5.41, 5.74) is 2.39. The molecule has 0 bridgehead atoms. The minimum atomic E-state index is -0.248. The van der Waals surface area contributed by atoms with Gasteiger partial charge < -0.3 is 14.8 Å². The van der Waals surface area contributed by atoms with Crippen LogP contribution in [-0.2, 0) is 11.3 Å². The molecule has 0 aliphatic heterocycles. The number of rotatable bonds is 6. The minimum absolute atomic E-state index is 0.148. The standard InChI is InChI=1S/C18H18IN3O3/c1-24-11-20-18(23)17-15-9-13(19)5-8-16(15)22(21-17)10-12-3-6-14(25-2)7-4-12/h3-9H,10-11H2,1-2H3,(H,20,23). The second kappa shape index (κ2) is 7.83. The summed E-state index contributed by atoms with van der Waals surface area (Å²) in [4.78, 5) is 12.4. The van der Waals surface area contributed by atoms with E-state index in [4.69, 9.17) is 9.47 Å². The average Bonchev–Trinajstić information content (AvgIpc) is 2.98. The van der Waals surface area contributed by atoms with E-state index in [-0.39, 0.29) is 12.6 Å². The summed E-state index contributed by atoms with van der Waals surface area (Å²) in [6, 6.07) is 13.8. The van der Waals surface area contributed by atoms with Gasteiger partial charge in [-0.15, -0.1) is 0 Å². The maximum Gasteiger partial charge on any atom is 0.274 e. The molecule has 1 heterocycles. The van der Waals surface area contributed by atoms with Crippen LogP contribution in [0.4, 0.5) is 0 Å². The molecular weight excluding hydrogens is 433 g/mol. The number of benzene rings is 2. The van der Waals surface area contributed by atoms with Gasteiger partial charge in [0.25, 0.3) is 5.91 Å². The summed E-state index contributed by atoms with van der Waals surface area (Å²) in [5, 5.41) is 8.06. The van der Waals surface area contributed by atoms with Crippen LogP contribution < -0.4 is 10.1 Å². The molecule has 0 saturated heterocycles. The Labute approximate surface area is 159 Å². The number of carbonyl (C=O) groups is 1. The maximum atomic E-state index is 12.4. The third kappa shape index (κ3) is 3.93. The van der Waals surface area contributed by atoms with Gasteiger partial charge in [0.2, 0.25) is 0 Å². The first-order chi connectivity index (χ1) is 12.1. The lowest BCUT2D eigenvalue weighted by Crippen LogP contribution is -2.26. The van der Waals surface area contributed by atoms with E-state index in [1.165, 1.54) is 7.11 Å². The van der Waals surface area contributed by atoms with Crippen molar-refractivity contribution in [1.82, 2.24) is 15.1 Å². The van der Waals surface area contributed by atoms with Gasteiger partial charge in [0.15, 0.2) is 5.69 Å². The molecule has 130 valence electrons. The van der Waals surface area contributed by atoms with Gasteiger partial charge in [0.1, 0.15) is 12.5 Å². The van der Waals surface area contributed by atoms with Gasteiger partial charge in [-0.1, -0.05) is 12.1 Å². The molecule has 1 aromatic heterocycles. The molecule has 0 unspecified atom stereocenters. The van der Waals surface area contributed by atoms with Crippen LogP contribution in [0, 0.1) is 3.57 Å². The summed E-state index contributed by atoms with van der Waals surface area (Å²) >= 11 is 2.23. The quantitative estimate of drug-likeness (QED) is 0.463. The molecule has 0 saturated carbocycles. The zero-order chi connectivity index (χ0) is 17.8. The van der Waals surface area contributed by atoms with Crippen molar-refractivity contribution in [3.8, 4) is 5.75 Å². The summed E-state index contributed by atoms with van der Waals surface area (Å²) in [7, 11) is 3.17. The van der Waals surface area contributed by atoms with Gasteiger partial charge in [0.05, 0.1) is 19.2 Å². The zero-order valence-electron chi connectivity index (χ0n) is 14.0. The van der Waals surface area contributed by atoms with Gasteiger partial charge in [-0.2, -0.15) is 5.10 Å². The van der Waals surface area contributed by atoms with Gasteiger partial charge >= 0.3 is 0 Å². The van der Waals surface area contributed by atoms with Gasteiger partial charge in [-0.25, -0.2) is 0 Å². The number of hydrogen-bond acceptors (Lipinski definition) is 4. The van der Waals surface area contributed by atoms with Gasteiger partial charge in [-0.3, -0.25) is 9.48 Å². The van der Waals surface area contributed by atoms with E-state index >= 15 is 0 Å². The van der Waals surface area contributed by atoms with Crippen LogP contribution in [0.5, 0.6) is 5.75 Å². The summed E-state index contributed by atoms with van der Waals surface area (Å²) in [5.74, 6) is 0.561. The average molecular weight is 451 g/mol. The van der Waals surface area contributed by atoms with Gasteiger partial charge in [-0.05, 0) is 58.5 Å². The van der Waals surface area contributed by atoms with Crippen molar-refractivity contribution in [1.29, 1.82) is 0 Å². The van der Waals surface area contributed by atoms with Crippen molar-refractivity contribution >= 4 is 39.4 Å². The van der Waals surface area contributed by atoms with E-state index in [1.54, 1.807) is 7.11 Å². The zero-order valence-corrected chi connectivity index (χ0v) is 16.1. The van der Waals surface area contributed by atoms with Crippen molar-refractivity contribution < 1.29 is 14.3 Å². The first kappa shape index (κ1) is 17.7. The Kier molecular flexibility index (Phi) is 5.54. The van der Waals surface area contributed by atoms with Crippen LogP contribution in [0.25, 0.3) is 10.9 Å². The van der Waals surface area contributed by atoms with Crippen molar-refractivity contribution in [2.24, 2.45) is 0 Å². The summed E-state index contributed by atoms with van der Waals surface area (Å²) in [6.45, 7) is 0.717. The van der Waals surface area contributed by atoms with Crippen molar-refractivity contribution in [2.45, 2.75) is 6.54 Å². The predicted octanol–water partition coefficient (Wildman–Crippen LogP) is 3.03. The summed E-state index contributed by atoms with van der Waals surface area (Å²) in [6.07, 6.45) is 0. The Hall–Kier alpha value is -2.13. The van der Waals surface area contributed by atoms with E-state index in [0.29, 0.717) is 12.2 Å². The molecule has 7 heteroatoms. The number of nitrogens with one attached hydrogen (secondary N) is 1. The van der Waals surface area contributed by atoms with E-state index in [0.717, 1.165) is 25.8 Å². The van der Waals surface area contributed by atoms with Crippen LogP contribution in [0.3, 0.4) is 0 Å². The first-order valence-electron chi connectivity index (χ1n) is 7.68. The molecule has 25 heavy (non-hydrogen) atoms. The van der Waals surface area contributed by atoms with Crippen molar-refractivity contribution in [3.63, 3.8) is 0 Å². The van der Waals surface area contributed by atoms with E-state index in [2.05, 4.69) is 33.0 Å². The predicted molar refractivity (Wildman–Crippen MR) is 104 cm³/mol. The van der Waals surface area contributed by atoms with Crippen LogP contribution in [0.1, 0.15) is 16.1 Å². The molecule has 0 radical (unpaired) electrons.